The third kappa shape index (κ3) is 7.78. The number of nitrogens with one attached hydrogen (secondary N) is 2. The van der Waals surface area contributed by atoms with Crippen LogP contribution < -0.4 is 29.7 Å². The van der Waals surface area contributed by atoms with Gasteiger partial charge in [0, 0.05) is 16.8 Å². The van der Waals surface area contributed by atoms with Crippen LogP contribution in [0.5, 0.6) is 17.2 Å². The van der Waals surface area contributed by atoms with E-state index in [-0.39, 0.29) is 32.6 Å². The Morgan fingerprint density at radius 1 is 0.907 bits per heavy atom. The number of amides is 5. The zero-order valence-electron chi connectivity index (χ0n) is 23.0. The molecule has 43 heavy (non-hydrogen) atoms. The van der Waals surface area contributed by atoms with Gasteiger partial charge in [0.05, 0.1) is 28.9 Å². The molecule has 0 bridgehead atoms. The SMILES string of the molecule is CCCOc1ccc(N2C(=O)NC(=O)/C(=C\c3cc(Cl)c(OCC(=O)Nc4ccc(Cl)cc4)c(Cl)c3)C2=O)cc1OCC. The van der Waals surface area contributed by atoms with Crippen molar-refractivity contribution in [1.82, 2.24) is 5.32 Å². The number of rotatable bonds is 11. The Kier molecular flexibility index (Phi) is 10.5. The van der Waals surface area contributed by atoms with E-state index < -0.39 is 30.4 Å². The van der Waals surface area contributed by atoms with Crippen LogP contribution in [0.15, 0.2) is 60.2 Å². The third-order valence-electron chi connectivity index (χ3n) is 5.86. The van der Waals surface area contributed by atoms with Crippen LogP contribution in [0.4, 0.5) is 16.2 Å². The smallest absolute Gasteiger partial charge is 0.335 e. The van der Waals surface area contributed by atoms with Gasteiger partial charge in [-0.15, -0.1) is 0 Å². The summed E-state index contributed by atoms with van der Waals surface area (Å²) in [4.78, 5) is 52.0. The molecule has 1 saturated heterocycles. The van der Waals surface area contributed by atoms with Crippen molar-refractivity contribution >= 4 is 76.0 Å². The molecule has 4 rings (SSSR count). The molecule has 3 aromatic carbocycles. The molecule has 2 N–H and O–H groups in total. The zero-order chi connectivity index (χ0) is 31.1. The van der Waals surface area contributed by atoms with Gasteiger partial charge < -0.3 is 19.5 Å². The second kappa shape index (κ2) is 14.3. The quantitative estimate of drug-likeness (QED) is 0.180. The molecule has 1 fully saturated rings. The molecule has 0 unspecified atom stereocenters. The Hall–Kier alpha value is -4.25. The lowest BCUT2D eigenvalue weighted by Crippen LogP contribution is -2.54. The number of hydrogen-bond donors (Lipinski definition) is 2. The van der Waals surface area contributed by atoms with Crippen LogP contribution in [0.1, 0.15) is 25.8 Å². The average Bonchev–Trinajstić information content (AvgIpc) is 2.95. The average molecular weight is 647 g/mol. The number of ether oxygens (including phenoxy) is 3. The highest BCUT2D eigenvalue weighted by molar-refractivity contribution is 6.40. The van der Waals surface area contributed by atoms with Crippen molar-refractivity contribution in [2.24, 2.45) is 0 Å². The van der Waals surface area contributed by atoms with E-state index >= 15 is 0 Å². The zero-order valence-corrected chi connectivity index (χ0v) is 25.3. The molecule has 1 aliphatic rings. The molecule has 10 nitrogen and oxygen atoms in total. The standard InChI is InChI=1S/C30H26Cl3N3O7/c1-3-11-42-24-10-9-20(15-25(24)41-4-2)36-29(39)21(28(38)35-30(36)40)12-17-13-22(32)27(23(33)14-17)43-16-26(37)34-19-7-5-18(31)6-8-19/h5-10,12-15H,3-4,11,16H2,1-2H3,(H,34,37)(H,35,38,40)/b21-12+. The number of hydrogen-bond acceptors (Lipinski definition) is 7. The fourth-order valence-electron chi connectivity index (χ4n) is 3.96. The Bertz CT molecular complexity index is 1570. The third-order valence-corrected chi connectivity index (χ3v) is 6.67. The van der Waals surface area contributed by atoms with Gasteiger partial charge in [0.25, 0.3) is 17.7 Å². The Labute approximate surface area is 262 Å². The van der Waals surface area contributed by atoms with Crippen LogP contribution in [0.2, 0.25) is 15.1 Å². The summed E-state index contributed by atoms with van der Waals surface area (Å²) in [5, 5.41) is 5.40. The molecule has 0 aromatic heterocycles. The second-order valence-corrected chi connectivity index (χ2v) is 10.3. The van der Waals surface area contributed by atoms with E-state index in [9.17, 15) is 19.2 Å². The summed E-state index contributed by atoms with van der Waals surface area (Å²) in [6.45, 7) is 4.13. The summed E-state index contributed by atoms with van der Waals surface area (Å²) in [5.41, 5.74) is 0.631. The van der Waals surface area contributed by atoms with Gasteiger partial charge in [0.15, 0.2) is 23.9 Å². The summed E-state index contributed by atoms with van der Waals surface area (Å²) in [6.07, 6.45) is 2.02. The Balaban J connectivity index is 1.54. The van der Waals surface area contributed by atoms with E-state index in [1.165, 1.54) is 30.3 Å². The van der Waals surface area contributed by atoms with E-state index in [0.29, 0.717) is 35.4 Å². The monoisotopic (exact) mass is 645 g/mol. The molecule has 0 saturated carbocycles. The Morgan fingerprint density at radius 2 is 1.60 bits per heavy atom. The first-order chi connectivity index (χ1) is 20.6. The van der Waals surface area contributed by atoms with Crippen LogP contribution in [0.25, 0.3) is 6.08 Å². The highest BCUT2D eigenvalue weighted by atomic mass is 35.5. The van der Waals surface area contributed by atoms with E-state index in [1.54, 1.807) is 37.3 Å². The van der Waals surface area contributed by atoms with Crippen molar-refractivity contribution in [3.8, 4) is 17.2 Å². The maximum atomic E-state index is 13.4. The van der Waals surface area contributed by atoms with Crippen molar-refractivity contribution in [2.45, 2.75) is 20.3 Å². The van der Waals surface area contributed by atoms with Crippen LogP contribution in [-0.4, -0.2) is 43.6 Å². The summed E-state index contributed by atoms with van der Waals surface area (Å²) < 4.78 is 16.8. The van der Waals surface area contributed by atoms with Crippen LogP contribution in [0.3, 0.4) is 0 Å². The van der Waals surface area contributed by atoms with E-state index in [2.05, 4.69) is 10.6 Å². The number of barbiturate groups is 1. The summed E-state index contributed by atoms with van der Waals surface area (Å²) >= 11 is 18.6. The normalized spacial score (nSPS) is 14.0. The van der Waals surface area contributed by atoms with Gasteiger partial charge in [0.1, 0.15) is 5.57 Å². The van der Waals surface area contributed by atoms with Crippen LogP contribution >= 0.6 is 34.8 Å². The van der Waals surface area contributed by atoms with Gasteiger partial charge in [-0.1, -0.05) is 41.7 Å². The van der Waals surface area contributed by atoms with Crippen molar-refractivity contribution in [2.75, 3.05) is 30.0 Å². The molecule has 13 heteroatoms. The highest BCUT2D eigenvalue weighted by Crippen LogP contribution is 2.36. The van der Waals surface area contributed by atoms with Gasteiger partial charge in [-0.2, -0.15) is 0 Å². The van der Waals surface area contributed by atoms with Gasteiger partial charge in [-0.25, -0.2) is 9.69 Å². The van der Waals surface area contributed by atoms with Crippen molar-refractivity contribution < 1.29 is 33.4 Å². The van der Waals surface area contributed by atoms with E-state index in [0.717, 1.165) is 11.3 Å². The van der Waals surface area contributed by atoms with Gasteiger partial charge in [-0.05, 0) is 73.5 Å². The van der Waals surface area contributed by atoms with E-state index in [1.807, 2.05) is 6.92 Å². The molecule has 0 aliphatic carbocycles. The topological polar surface area (TPSA) is 123 Å². The number of urea groups is 1. The largest absolute Gasteiger partial charge is 0.490 e. The maximum absolute atomic E-state index is 13.4. The molecule has 0 radical (unpaired) electrons. The fourth-order valence-corrected chi connectivity index (χ4v) is 4.70. The molecular formula is C30H26Cl3N3O7. The van der Waals surface area contributed by atoms with Crippen molar-refractivity contribution in [3.63, 3.8) is 0 Å². The van der Waals surface area contributed by atoms with Crippen LogP contribution in [0, 0.1) is 0 Å². The lowest BCUT2D eigenvalue weighted by Gasteiger charge is -2.27. The number of anilines is 2. The minimum absolute atomic E-state index is 0.0271. The number of halogens is 3. The minimum atomic E-state index is -0.923. The van der Waals surface area contributed by atoms with Crippen molar-refractivity contribution in [3.05, 3.63) is 80.8 Å². The first-order valence-electron chi connectivity index (χ1n) is 13.1. The van der Waals surface area contributed by atoms with Gasteiger partial charge >= 0.3 is 6.03 Å². The molecule has 0 atom stereocenters. The molecule has 0 spiro atoms. The summed E-state index contributed by atoms with van der Waals surface area (Å²) in [5.74, 6) is -1.41. The predicted molar refractivity (Wildman–Crippen MR) is 164 cm³/mol. The molecule has 224 valence electrons. The predicted octanol–water partition coefficient (Wildman–Crippen LogP) is 6.52. The Morgan fingerprint density at radius 3 is 2.26 bits per heavy atom. The molecule has 1 heterocycles. The van der Waals surface area contributed by atoms with Crippen LogP contribution in [-0.2, 0) is 14.4 Å². The number of carbonyl (C=O) groups excluding carboxylic acids is 4. The molecular weight excluding hydrogens is 621 g/mol. The maximum Gasteiger partial charge on any atom is 0.335 e. The summed E-state index contributed by atoms with van der Waals surface area (Å²) in [6, 6.07) is 13.0. The fraction of sp³-hybridized carbons (Fsp3) is 0.200. The first kappa shape index (κ1) is 31.7. The van der Waals surface area contributed by atoms with E-state index in [4.69, 9.17) is 49.0 Å². The first-order valence-corrected chi connectivity index (χ1v) is 14.2. The number of imide groups is 2. The molecule has 5 amide bonds. The number of nitrogens with zero attached hydrogens (tertiary/aromatic N) is 1. The highest BCUT2D eigenvalue weighted by Gasteiger charge is 2.37. The summed E-state index contributed by atoms with van der Waals surface area (Å²) in [7, 11) is 0. The molecule has 3 aromatic rings. The van der Waals surface area contributed by atoms with Crippen molar-refractivity contribution in [1.29, 1.82) is 0 Å². The minimum Gasteiger partial charge on any atom is -0.490 e. The molecule has 1 aliphatic heterocycles. The second-order valence-electron chi connectivity index (χ2n) is 9.03. The van der Waals surface area contributed by atoms with Gasteiger partial charge in [-0.3, -0.25) is 19.7 Å². The number of benzene rings is 3. The lowest BCUT2D eigenvalue weighted by atomic mass is 10.1. The van der Waals surface area contributed by atoms with Gasteiger partial charge in [0.2, 0.25) is 0 Å². The number of carbonyl (C=O) groups is 4. The lowest BCUT2D eigenvalue weighted by molar-refractivity contribution is -0.122.